The van der Waals surface area contributed by atoms with Crippen LogP contribution >= 0.6 is 0 Å². The maximum absolute atomic E-state index is 12.1. The molecule has 0 unspecified atom stereocenters. The lowest BCUT2D eigenvalue weighted by molar-refractivity contribution is 0.0708. The summed E-state index contributed by atoms with van der Waals surface area (Å²) in [6.07, 6.45) is 0. The Morgan fingerprint density at radius 3 is 2.69 bits per heavy atom. The van der Waals surface area contributed by atoms with Crippen LogP contribution in [0.25, 0.3) is 0 Å². The van der Waals surface area contributed by atoms with Crippen molar-refractivity contribution in [2.75, 3.05) is 26.8 Å². The SMILES string of the molecule is CCOCCN(C)C(=O)c1c(C)n[nH]c1C. The van der Waals surface area contributed by atoms with Crippen LogP contribution in [0.2, 0.25) is 0 Å². The van der Waals surface area contributed by atoms with E-state index in [9.17, 15) is 4.79 Å². The van der Waals surface area contributed by atoms with Gasteiger partial charge in [-0.15, -0.1) is 0 Å². The van der Waals surface area contributed by atoms with E-state index in [0.29, 0.717) is 25.3 Å². The Labute approximate surface area is 95.8 Å². The number of nitrogens with one attached hydrogen (secondary N) is 1. The molecule has 1 heterocycles. The third-order valence-corrected chi connectivity index (χ3v) is 2.46. The molecule has 0 saturated heterocycles. The van der Waals surface area contributed by atoms with Crippen molar-refractivity contribution >= 4 is 5.91 Å². The Balaban J connectivity index is 2.63. The molecule has 0 atom stereocenters. The summed E-state index contributed by atoms with van der Waals surface area (Å²) in [5.41, 5.74) is 2.22. The Kier molecular flexibility index (Phi) is 4.49. The zero-order valence-electron chi connectivity index (χ0n) is 10.3. The highest BCUT2D eigenvalue weighted by atomic mass is 16.5. The van der Waals surface area contributed by atoms with Crippen LogP contribution in [0.5, 0.6) is 0 Å². The van der Waals surface area contributed by atoms with Gasteiger partial charge in [-0.2, -0.15) is 5.10 Å². The molecule has 0 aliphatic rings. The number of rotatable bonds is 5. The summed E-state index contributed by atoms with van der Waals surface area (Å²) >= 11 is 0. The van der Waals surface area contributed by atoms with Crippen LogP contribution in [0.15, 0.2) is 0 Å². The second kappa shape index (κ2) is 5.65. The molecule has 0 spiro atoms. The average molecular weight is 225 g/mol. The van der Waals surface area contributed by atoms with Gasteiger partial charge < -0.3 is 9.64 Å². The van der Waals surface area contributed by atoms with Gasteiger partial charge in [-0.05, 0) is 20.8 Å². The van der Waals surface area contributed by atoms with Crippen LogP contribution in [0.4, 0.5) is 0 Å². The minimum atomic E-state index is -0.0107. The quantitative estimate of drug-likeness (QED) is 0.764. The molecule has 0 fully saturated rings. The monoisotopic (exact) mass is 225 g/mol. The van der Waals surface area contributed by atoms with Gasteiger partial charge >= 0.3 is 0 Å². The van der Waals surface area contributed by atoms with Crippen LogP contribution in [-0.4, -0.2) is 47.8 Å². The summed E-state index contributed by atoms with van der Waals surface area (Å²) in [6, 6.07) is 0. The number of carbonyl (C=O) groups is 1. The normalized spacial score (nSPS) is 10.5. The molecule has 1 rings (SSSR count). The molecule has 0 aliphatic heterocycles. The van der Waals surface area contributed by atoms with Gasteiger partial charge in [-0.1, -0.05) is 0 Å². The third-order valence-electron chi connectivity index (χ3n) is 2.46. The molecular formula is C11H19N3O2. The lowest BCUT2D eigenvalue weighted by atomic mass is 10.2. The highest BCUT2D eigenvalue weighted by molar-refractivity contribution is 5.96. The summed E-state index contributed by atoms with van der Waals surface area (Å²) in [5, 5.41) is 6.82. The highest BCUT2D eigenvalue weighted by Gasteiger charge is 2.18. The van der Waals surface area contributed by atoms with E-state index in [1.54, 1.807) is 11.9 Å². The third kappa shape index (κ3) is 2.82. The fourth-order valence-corrected chi connectivity index (χ4v) is 1.50. The molecule has 1 aromatic rings. The van der Waals surface area contributed by atoms with Crippen LogP contribution in [-0.2, 0) is 4.74 Å². The number of aryl methyl sites for hydroxylation is 2. The van der Waals surface area contributed by atoms with E-state index in [1.165, 1.54) is 0 Å². The predicted molar refractivity (Wildman–Crippen MR) is 61.5 cm³/mol. The van der Waals surface area contributed by atoms with Crippen molar-refractivity contribution in [2.45, 2.75) is 20.8 Å². The average Bonchev–Trinajstić information content (AvgIpc) is 2.58. The number of hydrogen-bond donors (Lipinski definition) is 1. The number of aromatic nitrogens is 2. The first-order chi connectivity index (χ1) is 7.57. The number of carbonyl (C=O) groups excluding carboxylic acids is 1. The molecule has 1 aromatic heterocycles. The van der Waals surface area contributed by atoms with Gasteiger partial charge in [0.05, 0.1) is 17.9 Å². The predicted octanol–water partition coefficient (Wildman–Crippen LogP) is 1.14. The van der Waals surface area contributed by atoms with E-state index in [-0.39, 0.29) is 5.91 Å². The van der Waals surface area contributed by atoms with Crippen molar-refractivity contribution in [3.63, 3.8) is 0 Å². The second-order valence-corrected chi connectivity index (χ2v) is 3.73. The van der Waals surface area contributed by atoms with E-state index in [4.69, 9.17) is 4.74 Å². The highest BCUT2D eigenvalue weighted by Crippen LogP contribution is 2.11. The fraction of sp³-hybridized carbons (Fsp3) is 0.636. The first kappa shape index (κ1) is 12.7. The maximum atomic E-state index is 12.1. The molecule has 0 bridgehead atoms. The molecule has 0 saturated carbocycles. The first-order valence-corrected chi connectivity index (χ1v) is 5.42. The van der Waals surface area contributed by atoms with Gasteiger partial charge in [0, 0.05) is 25.9 Å². The smallest absolute Gasteiger partial charge is 0.257 e. The Bertz CT molecular complexity index is 341. The zero-order chi connectivity index (χ0) is 12.1. The Morgan fingerprint density at radius 2 is 2.19 bits per heavy atom. The molecule has 1 amide bonds. The molecule has 0 aromatic carbocycles. The number of amides is 1. The van der Waals surface area contributed by atoms with Crippen LogP contribution in [0, 0.1) is 13.8 Å². The zero-order valence-corrected chi connectivity index (χ0v) is 10.3. The van der Waals surface area contributed by atoms with E-state index in [1.807, 2.05) is 20.8 Å². The van der Waals surface area contributed by atoms with Gasteiger partial charge in [0.2, 0.25) is 0 Å². The summed E-state index contributed by atoms with van der Waals surface area (Å²) < 4.78 is 5.21. The van der Waals surface area contributed by atoms with Crippen molar-refractivity contribution in [3.05, 3.63) is 17.0 Å². The van der Waals surface area contributed by atoms with E-state index in [2.05, 4.69) is 10.2 Å². The Morgan fingerprint density at radius 1 is 1.50 bits per heavy atom. The Hall–Kier alpha value is -1.36. The van der Waals surface area contributed by atoms with Gasteiger partial charge in [-0.3, -0.25) is 9.89 Å². The summed E-state index contributed by atoms with van der Waals surface area (Å²) in [6.45, 7) is 7.44. The van der Waals surface area contributed by atoms with Crippen molar-refractivity contribution in [2.24, 2.45) is 0 Å². The van der Waals surface area contributed by atoms with Gasteiger partial charge in [0.15, 0.2) is 0 Å². The van der Waals surface area contributed by atoms with Gasteiger partial charge in [0.1, 0.15) is 0 Å². The number of hydrogen-bond acceptors (Lipinski definition) is 3. The van der Waals surface area contributed by atoms with Crippen molar-refractivity contribution in [3.8, 4) is 0 Å². The molecule has 1 N–H and O–H groups in total. The van der Waals surface area contributed by atoms with Crippen molar-refractivity contribution < 1.29 is 9.53 Å². The summed E-state index contributed by atoms with van der Waals surface area (Å²) in [5.74, 6) is -0.0107. The molecule has 5 heteroatoms. The van der Waals surface area contributed by atoms with Gasteiger partial charge in [0.25, 0.3) is 5.91 Å². The number of aromatic amines is 1. The lowest BCUT2D eigenvalue weighted by Crippen LogP contribution is -2.30. The minimum absolute atomic E-state index is 0.0107. The first-order valence-electron chi connectivity index (χ1n) is 5.42. The lowest BCUT2D eigenvalue weighted by Gasteiger charge is -2.16. The molecule has 5 nitrogen and oxygen atoms in total. The number of H-pyrrole nitrogens is 1. The second-order valence-electron chi connectivity index (χ2n) is 3.73. The molecule has 90 valence electrons. The molecule has 0 radical (unpaired) electrons. The van der Waals surface area contributed by atoms with E-state index < -0.39 is 0 Å². The topological polar surface area (TPSA) is 58.2 Å². The van der Waals surface area contributed by atoms with Crippen molar-refractivity contribution in [1.82, 2.24) is 15.1 Å². The van der Waals surface area contributed by atoms with Crippen LogP contribution in [0.3, 0.4) is 0 Å². The molecule has 0 aliphatic carbocycles. The standard InChI is InChI=1S/C11H19N3O2/c1-5-16-7-6-14(4)11(15)10-8(2)12-13-9(10)3/h5-7H2,1-4H3,(H,12,13). The van der Waals surface area contributed by atoms with Crippen LogP contribution < -0.4 is 0 Å². The van der Waals surface area contributed by atoms with E-state index in [0.717, 1.165) is 11.4 Å². The maximum Gasteiger partial charge on any atom is 0.257 e. The fourth-order valence-electron chi connectivity index (χ4n) is 1.50. The minimum Gasteiger partial charge on any atom is -0.380 e. The largest absolute Gasteiger partial charge is 0.380 e. The summed E-state index contributed by atoms with van der Waals surface area (Å²) in [4.78, 5) is 13.7. The summed E-state index contributed by atoms with van der Waals surface area (Å²) in [7, 11) is 1.77. The number of nitrogens with zero attached hydrogens (tertiary/aromatic N) is 2. The molecule has 16 heavy (non-hydrogen) atoms. The van der Waals surface area contributed by atoms with Gasteiger partial charge in [-0.25, -0.2) is 0 Å². The molecular weight excluding hydrogens is 206 g/mol. The number of likely N-dealkylation sites (N-methyl/N-ethyl adjacent to an activating group) is 1. The van der Waals surface area contributed by atoms with Crippen LogP contribution in [0.1, 0.15) is 28.7 Å². The number of ether oxygens (including phenoxy) is 1. The van der Waals surface area contributed by atoms with E-state index >= 15 is 0 Å². The van der Waals surface area contributed by atoms with Crippen molar-refractivity contribution in [1.29, 1.82) is 0 Å².